The van der Waals surface area contributed by atoms with Crippen LogP contribution in [-0.4, -0.2) is 6.61 Å². The topological polar surface area (TPSA) is 61.3 Å². The lowest BCUT2D eigenvalue weighted by molar-refractivity contribution is 0.342. The molecule has 0 heterocycles. The molecule has 4 N–H and O–H groups in total. The van der Waals surface area contributed by atoms with Crippen LogP contribution in [0.5, 0.6) is 5.75 Å². The summed E-state index contributed by atoms with van der Waals surface area (Å²) in [4.78, 5) is 0. The molecule has 1 aromatic carbocycles. The van der Waals surface area contributed by atoms with Crippen LogP contribution in [0, 0.1) is 0 Å². The van der Waals surface area contributed by atoms with Gasteiger partial charge in [0.2, 0.25) is 0 Å². The molecule has 4 heteroatoms. The second-order valence-corrected chi connectivity index (χ2v) is 2.99. The third-order valence-corrected chi connectivity index (χ3v) is 2.04. The molecule has 13 heavy (non-hydrogen) atoms. The molecule has 0 spiro atoms. The molecule has 1 aromatic rings. The average Bonchev–Trinajstić information content (AvgIpc) is 2.12. The molecule has 72 valence electrons. The number of benzene rings is 1. The van der Waals surface area contributed by atoms with Crippen LogP contribution in [0.25, 0.3) is 0 Å². The van der Waals surface area contributed by atoms with E-state index >= 15 is 0 Å². The van der Waals surface area contributed by atoms with Crippen LogP contribution in [0.2, 0.25) is 5.02 Å². The highest BCUT2D eigenvalue weighted by atomic mass is 35.5. The van der Waals surface area contributed by atoms with Gasteiger partial charge in [0.25, 0.3) is 0 Å². The Morgan fingerprint density at radius 1 is 1.46 bits per heavy atom. The van der Waals surface area contributed by atoms with Gasteiger partial charge >= 0.3 is 0 Å². The van der Waals surface area contributed by atoms with E-state index in [2.05, 4.69) is 0 Å². The van der Waals surface area contributed by atoms with Crippen LogP contribution < -0.4 is 16.2 Å². The van der Waals surface area contributed by atoms with E-state index in [0.717, 1.165) is 5.56 Å². The Labute approximate surface area is 82.6 Å². The molecule has 0 saturated carbocycles. The smallest absolute Gasteiger partial charge is 0.161 e. The Morgan fingerprint density at radius 3 is 2.69 bits per heavy atom. The number of nitrogen functional groups attached to an aromatic ring is 1. The van der Waals surface area contributed by atoms with E-state index in [1.165, 1.54) is 0 Å². The maximum absolute atomic E-state index is 5.89. The molecule has 0 aliphatic carbocycles. The van der Waals surface area contributed by atoms with Crippen molar-refractivity contribution < 1.29 is 4.74 Å². The van der Waals surface area contributed by atoms with Gasteiger partial charge in [0, 0.05) is 6.54 Å². The van der Waals surface area contributed by atoms with Gasteiger partial charge in [-0.05, 0) is 18.6 Å². The number of ether oxygens (including phenoxy) is 1. The SMILES string of the molecule is CCOc1c(Cl)ccc(CN)c1N. The molecule has 0 fully saturated rings. The average molecular weight is 201 g/mol. The van der Waals surface area contributed by atoms with E-state index < -0.39 is 0 Å². The van der Waals surface area contributed by atoms with Gasteiger partial charge in [-0.3, -0.25) is 0 Å². The minimum Gasteiger partial charge on any atom is -0.490 e. The van der Waals surface area contributed by atoms with Gasteiger partial charge in [-0.15, -0.1) is 0 Å². The van der Waals surface area contributed by atoms with Crippen LogP contribution >= 0.6 is 11.6 Å². The molecule has 1 rings (SSSR count). The zero-order chi connectivity index (χ0) is 9.84. The first-order chi connectivity index (χ1) is 6.20. The van der Waals surface area contributed by atoms with E-state index in [9.17, 15) is 0 Å². The van der Waals surface area contributed by atoms with Crippen molar-refractivity contribution in [2.75, 3.05) is 12.3 Å². The molecule has 0 unspecified atom stereocenters. The van der Waals surface area contributed by atoms with Crippen LogP contribution in [-0.2, 0) is 6.54 Å². The van der Waals surface area contributed by atoms with E-state index in [1.807, 2.05) is 6.92 Å². The van der Waals surface area contributed by atoms with Crippen molar-refractivity contribution in [3.8, 4) is 5.75 Å². The summed E-state index contributed by atoms with van der Waals surface area (Å²) in [6.45, 7) is 2.81. The second-order valence-electron chi connectivity index (χ2n) is 2.59. The lowest BCUT2D eigenvalue weighted by Gasteiger charge is -2.11. The predicted molar refractivity (Wildman–Crippen MR) is 54.9 cm³/mol. The molecule has 0 radical (unpaired) electrons. The van der Waals surface area contributed by atoms with Crippen LogP contribution in [0.4, 0.5) is 5.69 Å². The molecule has 0 saturated heterocycles. The first-order valence-corrected chi connectivity index (χ1v) is 4.48. The number of halogens is 1. The summed E-state index contributed by atoms with van der Waals surface area (Å²) in [6, 6.07) is 3.55. The molecular weight excluding hydrogens is 188 g/mol. The number of anilines is 1. The third kappa shape index (κ3) is 2.05. The highest BCUT2D eigenvalue weighted by Crippen LogP contribution is 2.33. The summed E-state index contributed by atoms with van der Waals surface area (Å²) in [6.07, 6.45) is 0. The maximum Gasteiger partial charge on any atom is 0.161 e. The zero-order valence-electron chi connectivity index (χ0n) is 7.51. The van der Waals surface area contributed by atoms with Gasteiger partial charge in [0.15, 0.2) is 5.75 Å². The standard InChI is InChI=1S/C9H13ClN2O/c1-2-13-9-7(10)4-3-6(5-11)8(9)12/h3-4H,2,5,11-12H2,1H3. The lowest BCUT2D eigenvalue weighted by Crippen LogP contribution is -2.05. The Balaban J connectivity index is 3.13. The van der Waals surface area contributed by atoms with Crippen molar-refractivity contribution in [1.82, 2.24) is 0 Å². The summed E-state index contributed by atoms with van der Waals surface area (Å²) in [5.74, 6) is 0.534. The number of hydrogen-bond donors (Lipinski definition) is 2. The second kappa shape index (κ2) is 4.35. The highest BCUT2D eigenvalue weighted by Gasteiger charge is 2.08. The zero-order valence-corrected chi connectivity index (χ0v) is 8.27. The van der Waals surface area contributed by atoms with Crippen molar-refractivity contribution in [2.24, 2.45) is 5.73 Å². The number of nitrogens with two attached hydrogens (primary N) is 2. The summed E-state index contributed by atoms with van der Waals surface area (Å²) in [7, 11) is 0. The van der Waals surface area contributed by atoms with Crippen LogP contribution in [0.3, 0.4) is 0 Å². The molecule has 0 bridgehead atoms. The number of rotatable bonds is 3. The summed E-state index contributed by atoms with van der Waals surface area (Å²) in [5.41, 5.74) is 12.7. The van der Waals surface area contributed by atoms with E-state index in [1.54, 1.807) is 12.1 Å². The molecule has 0 amide bonds. The monoisotopic (exact) mass is 200 g/mol. The summed E-state index contributed by atoms with van der Waals surface area (Å²) < 4.78 is 5.30. The van der Waals surface area contributed by atoms with Crippen molar-refractivity contribution in [2.45, 2.75) is 13.5 Å². The van der Waals surface area contributed by atoms with E-state index in [4.69, 9.17) is 27.8 Å². The molecule has 0 atom stereocenters. The molecule has 0 aliphatic rings. The Kier molecular flexibility index (Phi) is 3.39. The van der Waals surface area contributed by atoms with Crippen LogP contribution in [0.15, 0.2) is 12.1 Å². The molecule has 3 nitrogen and oxygen atoms in total. The predicted octanol–water partition coefficient (Wildman–Crippen LogP) is 1.78. The molecule has 0 aromatic heterocycles. The fourth-order valence-corrected chi connectivity index (χ4v) is 1.30. The first kappa shape index (κ1) is 10.2. The van der Waals surface area contributed by atoms with Gasteiger partial charge in [-0.2, -0.15) is 0 Å². The van der Waals surface area contributed by atoms with Crippen molar-refractivity contribution in [3.05, 3.63) is 22.7 Å². The van der Waals surface area contributed by atoms with Crippen molar-refractivity contribution in [3.63, 3.8) is 0 Å². The fraction of sp³-hybridized carbons (Fsp3) is 0.333. The minimum atomic E-state index is 0.392. The van der Waals surface area contributed by atoms with Crippen LogP contribution in [0.1, 0.15) is 12.5 Å². The van der Waals surface area contributed by atoms with Gasteiger partial charge < -0.3 is 16.2 Å². The normalized spacial score (nSPS) is 10.1. The fourth-order valence-electron chi connectivity index (χ4n) is 1.08. The van der Waals surface area contributed by atoms with E-state index in [-0.39, 0.29) is 0 Å². The third-order valence-electron chi connectivity index (χ3n) is 1.75. The molecule has 0 aliphatic heterocycles. The lowest BCUT2D eigenvalue weighted by atomic mass is 10.1. The number of hydrogen-bond acceptors (Lipinski definition) is 3. The van der Waals surface area contributed by atoms with Gasteiger partial charge in [-0.25, -0.2) is 0 Å². The van der Waals surface area contributed by atoms with Crippen molar-refractivity contribution in [1.29, 1.82) is 0 Å². The largest absolute Gasteiger partial charge is 0.490 e. The minimum absolute atomic E-state index is 0.392. The van der Waals surface area contributed by atoms with Gasteiger partial charge in [0.1, 0.15) is 0 Å². The summed E-state index contributed by atoms with van der Waals surface area (Å²) in [5, 5.41) is 0.525. The Hall–Kier alpha value is -0.930. The molecular formula is C9H13ClN2O. The highest BCUT2D eigenvalue weighted by molar-refractivity contribution is 6.32. The van der Waals surface area contributed by atoms with E-state index in [0.29, 0.717) is 29.6 Å². The Bertz CT molecular complexity index is 302. The van der Waals surface area contributed by atoms with Crippen molar-refractivity contribution >= 4 is 17.3 Å². The summed E-state index contributed by atoms with van der Waals surface area (Å²) >= 11 is 5.89. The first-order valence-electron chi connectivity index (χ1n) is 4.10. The van der Waals surface area contributed by atoms with Gasteiger partial charge in [-0.1, -0.05) is 17.7 Å². The Morgan fingerprint density at radius 2 is 2.15 bits per heavy atom. The van der Waals surface area contributed by atoms with Gasteiger partial charge in [0.05, 0.1) is 17.3 Å². The maximum atomic E-state index is 5.89. The quantitative estimate of drug-likeness (QED) is 0.732.